The van der Waals surface area contributed by atoms with Gasteiger partial charge in [-0.15, -0.1) is 0 Å². The first-order valence-corrected chi connectivity index (χ1v) is 7.26. The van der Waals surface area contributed by atoms with E-state index in [0.29, 0.717) is 0 Å². The van der Waals surface area contributed by atoms with Crippen LogP contribution in [0, 0.1) is 0 Å². The number of hydrogen-bond acceptors (Lipinski definition) is 2. The van der Waals surface area contributed by atoms with Crippen molar-refractivity contribution >= 4 is 0 Å². The summed E-state index contributed by atoms with van der Waals surface area (Å²) in [5, 5.41) is 0. The second-order valence-corrected chi connectivity index (χ2v) is 5.94. The van der Waals surface area contributed by atoms with Gasteiger partial charge in [0, 0.05) is 18.1 Å². The number of rotatable bonds is 6. The topological polar surface area (TPSA) is 29.3 Å². The smallest absolute Gasteiger partial charge is 0.0166 e. The van der Waals surface area contributed by atoms with E-state index < -0.39 is 0 Å². The molecule has 0 aromatic heterocycles. The minimum Gasteiger partial charge on any atom is -0.325 e. The van der Waals surface area contributed by atoms with Crippen LogP contribution in [0.4, 0.5) is 0 Å². The molecule has 2 rings (SSSR count). The summed E-state index contributed by atoms with van der Waals surface area (Å²) in [5.74, 6) is 0. The molecule has 0 unspecified atom stereocenters. The first-order valence-electron chi connectivity index (χ1n) is 7.26. The maximum absolute atomic E-state index is 6.50. The summed E-state index contributed by atoms with van der Waals surface area (Å²) in [7, 11) is 0. The Morgan fingerprint density at radius 3 is 2.38 bits per heavy atom. The Morgan fingerprint density at radius 2 is 1.81 bits per heavy atom. The Hall–Kier alpha value is -0.0800. The molecule has 2 saturated carbocycles. The van der Waals surface area contributed by atoms with Crippen molar-refractivity contribution in [3.8, 4) is 0 Å². The molecule has 2 aliphatic carbocycles. The highest BCUT2D eigenvalue weighted by Gasteiger charge is 2.32. The van der Waals surface area contributed by atoms with E-state index in [4.69, 9.17) is 5.73 Å². The fourth-order valence-electron chi connectivity index (χ4n) is 3.08. The molecule has 0 radical (unpaired) electrons. The van der Waals surface area contributed by atoms with Crippen molar-refractivity contribution in [3.05, 3.63) is 0 Å². The van der Waals surface area contributed by atoms with Gasteiger partial charge in [-0.2, -0.15) is 0 Å². The van der Waals surface area contributed by atoms with E-state index >= 15 is 0 Å². The SMILES string of the molecule is CCCN(CCC1(N)CCCCC1)C1CC1. The van der Waals surface area contributed by atoms with E-state index in [0.717, 1.165) is 6.04 Å². The maximum Gasteiger partial charge on any atom is 0.0166 e. The van der Waals surface area contributed by atoms with Crippen LogP contribution in [0.3, 0.4) is 0 Å². The predicted octanol–water partition coefficient (Wildman–Crippen LogP) is 2.91. The highest BCUT2D eigenvalue weighted by molar-refractivity contribution is 4.90. The van der Waals surface area contributed by atoms with Crippen molar-refractivity contribution in [2.24, 2.45) is 5.73 Å². The second-order valence-electron chi connectivity index (χ2n) is 5.94. The molecule has 0 bridgehead atoms. The van der Waals surface area contributed by atoms with Crippen molar-refractivity contribution in [1.82, 2.24) is 4.90 Å². The summed E-state index contributed by atoms with van der Waals surface area (Å²) in [4.78, 5) is 2.68. The van der Waals surface area contributed by atoms with Gasteiger partial charge in [-0.3, -0.25) is 0 Å². The first-order chi connectivity index (χ1) is 7.73. The Kier molecular flexibility index (Phi) is 4.26. The van der Waals surface area contributed by atoms with E-state index in [1.807, 2.05) is 0 Å². The quantitative estimate of drug-likeness (QED) is 0.751. The molecule has 16 heavy (non-hydrogen) atoms. The molecular formula is C14H28N2. The largest absolute Gasteiger partial charge is 0.325 e. The van der Waals surface area contributed by atoms with Crippen LogP contribution in [0.5, 0.6) is 0 Å². The lowest BCUT2D eigenvalue weighted by Gasteiger charge is -2.35. The van der Waals surface area contributed by atoms with Crippen LogP contribution in [-0.4, -0.2) is 29.6 Å². The Morgan fingerprint density at radius 1 is 1.12 bits per heavy atom. The van der Waals surface area contributed by atoms with Gasteiger partial charge >= 0.3 is 0 Å². The summed E-state index contributed by atoms with van der Waals surface area (Å²) in [5.41, 5.74) is 6.68. The van der Waals surface area contributed by atoms with Gasteiger partial charge in [0.1, 0.15) is 0 Å². The van der Waals surface area contributed by atoms with E-state index in [1.165, 1.54) is 70.9 Å². The van der Waals surface area contributed by atoms with Crippen LogP contribution in [-0.2, 0) is 0 Å². The average molecular weight is 224 g/mol. The van der Waals surface area contributed by atoms with E-state index in [1.54, 1.807) is 0 Å². The number of nitrogens with zero attached hydrogens (tertiary/aromatic N) is 1. The van der Waals surface area contributed by atoms with Crippen LogP contribution in [0.1, 0.15) is 64.7 Å². The molecule has 0 heterocycles. The number of hydrogen-bond donors (Lipinski definition) is 1. The van der Waals surface area contributed by atoms with E-state index in [-0.39, 0.29) is 5.54 Å². The Labute approximate surface area is 101 Å². The third-order valence-electron chi connectivity index (χ3n) is 4.32. The van der Waals surface area contributed by atoms with Crippen molar-refractivity contribution in [3.63, 3.8) is 0 Å². The van der Waals surface area contributed by atoms with Crippen LogP contribution in [0.15, 0.2) is 0 Å². The summed E-state index contributed by atoms with van der Waals surface area (Å²) in [6.07, 6.45) is 12.0. The standard InChI is InChI=1S/C14H28N2/c1-2-11-16(13-6-7-13)12-10-14(15)8-4-3-5-9-14/h13H,2-12,15H2,1H3. The zero-order valence-corrected chi connectivity index (χ0v) is 10.9. The molecule has 2 N–H and O–H groups in total. The zero-order chi connectivity index (χ0) is 11.4. The average Bonchev–Trinajstić information content (AvgIpc) is 3.09. The molecule has 0 aromatic rings. The third-order valence-corrected chi connectivity index (χ3v) is 4.32. The summed E-state index contributed by atoms with van der Waals surface area (Å²) in [6.45, 7) is 4.81. The molecule has 2 fully saturated rings. The van der Waals surface area contributed by atoms with Gasteiger partial charge < -0.3 is 10.6 Å². The van der Waals surface area contributed by atoms with Crippen molar-refractivity contribution < 1.29 is 0 Å². The highest BCUT2D eigenvalue weighted by atomic mass is 15.2. The molecule has 2 aliphatic rings. The van der Waals surface area contributed by atoms with Crippen LogP contribution in [0.2, 0.25) is 0 Å². The highest BCUT2D eigenvalue weighted by Crippen LogP contribution is 2.31. The van der Waals surface area contributed by atoms with E-state index in [9.17, 15) is 0 Å². The molecule has 0 saturated heterocycles. The Bertz CT molecular complexity index is 205. The van der Waals surface area contributed by atoms with Crippen molar-refractivity contribution in [1.29, 1.82) is 0 Å². The van der Waals surface area contributed by atoms with Gasteiger partial charge in [-0.05, 0) is 45.1 Å². The van der Waals surface area contributed by atoms with Crippen LogP contribution >= 0.6 is 0 Å². The molecule has 2 heteroatoms. The van der Waals surface area contributed by atoms with Gasteiger partial charge in [0.05, 0.1) is 0 Å². The van der Waals surface area contributed by atoms with Gasteiger partial charge in [0.15, 0.2) is 0 Å². The normalized spacial score (nSPS) is 24.9. The molecule has 0 amide bonds. The fraction of sp³-hybridized carbons (Fsp3) is 1.00. The molecule has 94 valence electrons. The molecule has 0 atom stereocenters. The lowest BCUT2D eigenvalue weighted by atomic mass is 9.80. The van der Waals surface area contributed by atoms with Crippen molar-refractivity contribution in [2.75, 3.05) is 13.1 Å². The molecular weight excluding hydrogens is 196 g/mol. The molecule has 0 spiro atoms. The lowest BCUT2D eigenvalue weighted by Crippen LogP contribution is -2.45. The van der Waals surface area contributed by atoms with E-state index in [2.05, 4.69) is 11.8 Å². The second kappa shape index (κ2) is 5.50. The molecule has 0 aliphatic heterocycles. The zero-order valence-electron chi connectivity index (χ0n) is 10.9. The predicted molar refractivity (Wildman–Crippen MR) is 69.5 cm³/mol. The summed E-state index contributed by atoms with van der Waals surface area (Å²) >= 11 is 0. The third kappa shape index (κ3) is 3.46. The number of nitrogens with two attached hydrogens (primary N) is 1. The fourth-order valence-corrected chi connectivity index (χ4v) is 3.08. The van der Waals surface area contributed by atoms with Gasteiger partial charge in [-0.1, -0.05) is 26.2 Å². The van der Waals surface area contributed by atoms with Gasteiger partial charge in [0.2, 0.25) is 0 Å². The molecule has 2 nitrogen and oxygen atoms in total. The monoisotopic (exact) mass is 224 g/mol. The minimum absolute atomic E-state index is 0.180. The van der Waals surface area contributed by atoms with Crippen LogP contribution in [0.25, 0.3) is 0 Å². The molecule has 0 aromatic carbocycles. The minimum atomic E-state index is 0.180. The lowest BCUT2D eigenvalue weighted by molar-refractivity contribution is 0.201. The van der Waals surface area contributed by atoms with Gasteiger partial charge in [0.25, 0.3) is 0 Å². The summed E-state index contributed by atoms with van der Waals surface area (Å²) in [6, 6.07) is 0.909. The van der Waals surface area contributed by atoms with Crippen molar-refractivity contribution in [2.45, 2.75) is 76.3 Å². The Balaban J connectivity index is 1.75. The first kappa shape index (κ1) is 12.4. The maximum atomic E-state index is 6.50. The summed E-state index contributed by atoms with van der Waals surface area (Å²) < 4.78 is 0. The van der Waals surface area contributed by atoms with Crippen LogP contribution < -0.4 is 5.73 Å². The van der Waals surface area contributed by atoms with Gasteiger partial charge in [-0.25, -0.2) is 0 Å².